The molecular formula is C18H11F2OP. The summed E-state index contributed by atoms with van der Waals surface area (Å²) in [6.45, 7) is 0. The standard InChI is InChI=1S/C18H11F2OP/c19-15-6-1-12(2-7-15)14-5-10-18(22-21)17(11-14)13-3-8-16(20)9-4-13/h1-11H. The molecule has 0 heterocycles. The molecule has 3 aromatic rings. The highest BCUT2D eigenvalue weighted by molar-refractivity contribution is 7.34. The fraction of sp³-hybridized carbons (Fsp3) is 0. The topological polar surface area (TPSA) is 17.1 Å². The van der Waals surface area contributed by atoms with Crippen LogP contribution in [-0.4, -0.2) is 0 Å². The number of halogens is 2. The van der Waals surface area contributed by atoms with Gasteiger partial charge in [-0.05, 0) is 58.7 Å². The molecule has 0 bridgehead atoms. The van der Waals surface area contributed by atoms with Gasteiger partial charge < -0.3 is 0 Å². The van der Waals surface area contributed by atoms with E-state index in [4.69, 9.17) is 0 Å². The van der Waals surface area contributed by atoms with Crippen molar-refractivity contribution in [2.24, 2.45) is 0 Å². The van der Waals surface area contributed by atoms with Gasteiger partial charge in [-0.1, -0.05) is 30.3 Å². The smallest absolute Gasteiger partial charge is 0.192 e. The highest BCUT2D eigenvalue weighted by atomic mass is 31.1. The molecule has 0 saturated carbocycles. The fourth-order valence-electron chi connectivity index (χ4n) is 2.30. The van der Waals surface area contributed by atoms with Crippen LogP contribution >= 0.6 is 8.46 Å². The monoisotopic (exact) mass is 312 g/mol. The predicted octanol–water partition coefficient (Wildman–Crippen LogP) is 5.22. The molecule has 22 heavy (non-hydrogen) atoms. The molecular weight excluding hydrogens is 301 g/mol. The Kier molecular flexibility index (Phi) is 4.08. The first-order chi connectivity index (χ1) is 10.7. The summed E-state index contributed by atoms with van der Waals surface area (Å²) in [5.41, 5.74) is 3.29. The van der Waals surface area contributed by atoms with Crippen LogP contribution in [0.1, 0.15) is 0 Å². The Bertz CT molecular complexity index is 811. The molecule has 0 aliphatic heterocycles. The van der Waals surface area contributed by atoms with Crippen molar-refractivity contribution < 1.29 is 13.3 Å². The Morgan fingerprint density at radius 2 is 1.14 bits per heavy atom. The molecule has 0 aliphatic carbocycles. The molecule has 0 fully saturated rings. The Morgan fingerprint density at radius 1 is 0.636 bits per heavy atom. The van der Waals surface area contributed by atoms with Gasteiger partial charge in [-0.25, -0.2) is 8.78 Å². The molecule has 0 aromatic heterocycles. The average molecular weight is 312 g/mol. The Morgan fingerprint density at radius 3 is 1.68 bits per heavy atom. The van der Waals surface area contributed by atoms with Crippen LogP contribution in [0.2, 0.25) is 0 Å². The van der Waals surface area contributed by atoms with E-state index in [0.717, 1.165) is 22.3 Å². The number of rotatable bonds is 3. The summed E-state index contributed by atoms with van der Waals surface area (Å²) in [7, 11) is -0.102. The number of hydrogen-bond donors (Lipinski definition) is 0. The van der Waals surface area contributed by atoms with Gasteiger partial charge in [0.1, 0.15) is 11.6 Å². The summed E-state index contributed by atoms with van der Waals surface area (Å²) in [6.07, 6.45) is 0. The second-order valence-corrected chi connectivity index (χ2v) is 5.50. The Labute approximate surface area is 128 Å². The summed E-state index contributed by atoms with van der Waals surface area (Å²) < 4.78 is 37.4. The van der Waals surface area contributed by atoms with Crippen molar-refractivity contribution in [3.05, 3.63) is 78.4 Å². The molecule has 0 amide bonds. The molecule has 0 atom stereocenters. The minimum absolute atomic E-state index is 0.102. The summed E-state index contributed by atoms with van der Waals surface area (Å²) in [4.78, 5) is 0. The maximum atomic E-state index is 13.1. The third-order valence-corrected chi connectivity index (χ3v) is 4.01. The van der Waals surface area contributed by atoms with Gasteiger partial charge in [-0.3, -0.25) is 4.57 Å². The van der Waals surface area contributed by atoms with Gasteiger partial charge in [-0.15, -0.1) is 0 Å². The van der Waals surface area contributed by atoms with Crippen LogP contribution in [0.15, 0.2) is 66.7 Å². The zero-order valence-corrected chi connectivity index (χ0v) is 12.4. The molecule has 0 aliphatic rings. The fourth-order valence-corrected chi connectivity index (χ4v) is 2.73. The average Bonchev–Trinajstić information content (AvgIpc) is 2.56. The van der Waals surface area contributed by atoms with Crippen molar-refractivity contribution in [3.63, 3.8) is 0 Å². The maximum Gasteiger partial charge on any atom is 0.192 e. The maximum absolute atomic E-state index is 13.1. The van der Waals surface area contributed by atoms with Crippen LogP contribution < -0.4 is 5.30 Å². The minimum atomic E-state index is -0.320. The van der Waals surface area contributed by atoms with Gasteiger partial charge in [0.05, 0.1) is 5.30 Å². The van der Waals surface area contributed by atoms with Crippen LogP contribution in [0.25, 0.3) is 22.3 Å². The molecule has 0 unspecified atom stereocenters. The van der Waals surface area contributed by atoms with Crippen molar-refractivity contribution in [2.45, 2.75) is 0 Å². The van der Waals surface area contributed by atoms with Gasteiger partial charge >= 0.3 is 0 Å². The first-order valence-corrected chi connectivity index (χ1v) is 7.48. The highest BCUT2D eigenvalue weighted by Gasteiger charge is 2.08. The summed E-state index contributed by atoms with van der Waals surface area (Å²) in [6, 6.07) is 17.7. The number of hydrogen-bond acceptors (Lipinski definition) is 1. The van der Waals surface area contributed by atoms with Crippen LogP contribution in [0.4, 0.5) is 8.78 Å². The normalized spacial score (nSPS) is 10.8. The van der Waals surface area contributed by atoms with Crippen LogP contribution in [0.3, 0.4) is 0 Å². The third-order valence-electron chi connectivity index (χ3n) is 3.43. The highest BCUT2D eigenvalue weighted by Crippen LogP contribution is 2.27. The van der Waals surface area contributed by atoms with Gasteiger partial charge in [0, 0.05) is 0 Å². The van der Waals surface area contributed by atoms with Crippen LogP contribution in [-0.2, 0) is 4.57 Å². The first kappa shape index (κ1) is 14.6. The zero-order valence-electron chi connectivity index (χ0n) is 11.5. The SMILES string of the molecule is O=Pc1ccc(-c2ccc(F)cc2)cc1-c1ccc(F)cc1. The molecule has 3 rings (SSSR count). The molecule has 0 radical (unpaired) electrons. The summed E-state index contributed by atoms with van der Waals surface area (Å²) >= 11 is 0. The van der Waals surface area contributed by atoms with Crippen molar-refractivity contribution in [3.8, 4) is 22.3 Å². The molecule has 108 valence electrons. The van der Waals surface area contributed by atoms with Crippen molar-refractivity contribution in [1.29, 1.82) is 0 Å². The van der Waals surface area contributed by atoms with E-state index >= 15 is 0 Å². The van der Waals surface area contributed by atoms with Crippen LogP contribution in [0, 0.1) is 11.6 Å². The van der Waals surface area contributed by atoms with Gasteiger partial charge in [0.15, 0.2) is 8.46 Å². The second kappa shape index (κ2) is 6.17. The molecule has 3 aromatic carbocycles. The first-order valence-electron chi connectivity index (χ1n) is 6.66. The minimum Gasteiger partial charge on any atom is -0.269 e. The molecule has 1 nitrogen and oxygen atoms in total. The number of benzene rings is 3. The lowest BCUT2D eigenvalue weighted by Gasteiger charge is -2.08. The Balaban J connectivity index is 2.12. The largest absolute Gasteiger partial charge is 0.269 e. The molecule has 0 saturated heterocycles. The van der Waals surface area contributed by atoms with Crippen molar-refractivity contribution >= 4 is 13.8 Å². The Hall–Kier alpha value is -2.38. The van der Waals surface area contributed by atoms with Crippen molar-refractivity contribution in [2.75, 3.05) is 0 Å². The molecule has 0 spiro atoms. The lowest BCUT2D eigenvalue weighted by molar-refractivity contribution is 0.603. The van der Waals surface area contributed by atoms with E-state index in [9.17, 15) is 13.3 Å². The predicted molar refractivity (Wildman–Crippen MR) is 84.5 cm³/mol. The van der Waals surface area contributed by atoms with E-state index < -0.39 is 0 Å². The van der Waals surface area contributed by atoms with E-state index in [2.05, 4.69) is 0 Å². The lowest BCUT2D eigenvalue weighted by Crippen LogP contribution is -1.98. The van der Waals surface area contributed by atoms with Crippen molar-refractivity contribution in [1.82, 2.24) is 0 Å². The quantitative estimate of drug-likeness (QED) is 0.606. The molecule has 4 heteroatoms. The van der Waals surface area contributed by atoms with Gasteiger partial charge in [0.2, 0.25) is 0 Å². The van der Waals surface area contributed by atoms with E-state index in [1.807, 2.05) is 12.1 Å². The van der Waals surface area contributed by atoms with Crippen LogP contribution in [0.5, 0.6) is 0 Å². The van der Waals surface area contributed by atoms with Gasteiger partial charge in [-0.2, -0.15) is 0 Å². The molecule has 0 N–H and O–H groups in total. The summed E-state index contributed by atoms with van der Waals surface area (Å²) in [5, 5.41) is 0.623. The zero-order chi connectivity index (χ0) is 15.5. The van der Waals surface area contributed by atoms with E-state index in [1.54, 1.807) is 30.3 Å². The van der Waals surface area contributed by atoms with Gasteiger partial charge in [0.25, 0.3) is 0 Å². The third kappa shape index (κ3) is 2.95. The van der Waals surface area contributed by atoms with E-state index in [1.165, 1.54) is 24.3 Å². The second-order valence-electron chi connectivity index (χ2n) is 4.84. The van der Waals surface area contributed by atoms with E-state index in [0.29, 0.717) is 5.30 Å². The lowest BCUT2D eigenvalue weighted by atomic mass is 9.99. The van der Waals surface area contributed by atoms with E-state index in [-0.39, 0.29) is 20.1 Å². The summed E-state index contributed by atoms with van der Waals surface area (Å²) in [5.74, 6) is -0.614.